The molecule has 0 radical (unpaired) electrons. The highest BCUT2D eigenvalue weighted by Crippen LogP contribution is 2.12. The summed E-state index contributed by atoms with van der Waals surface area (Å²) in [7, 11) is 6.75. The molecule has 0 spiro atoms. The highest BCUT2D eigenvalue weighted by atomic mass is 16.5. The van der Waals surface area contributed by atoms with Gasteiger partial charge < -0.3 is 14.0 Å². The molecular formula is C42H82NO2+. The summed E-state index contributed by atoms with van der Waals surface area (Å²) in [5.41, 5.74) is 0. The first kappa shape index (κ1) is 44.1. The van der Waals surface area contributed by atoms with Crippen LogP contribution in [0.4, 0.5) is 0 Å². The molecule has 0 N–H and O–H groups in total. The molecule has 0 rings (SSSR count). The van der Waals surface area contributed by atoms with E-state index in [-0.39, 0.29) is 6.10 Å². The molecule has 3 nitrogen and oxygen atoms in total. The third-order valence-electron chi connectivity index (χ3n) is 8.58. The van der Waals surface area contributed by atoms with Crippen LogP contribution in [0.1, 0.15) is 181 Å². The molecule has 45 heavy (non-hydrogen) atoms. The SMILES string of the molecule is CCCCCCCC/C=C\C=C\CCCCCCOCC(C[N+](C)(C)C)OCCCCCCCC/C=C\CCCCCCCC. The van der Waals surface area contributed by atoms with E-state index >= 15 is 0 Å². The van der Waals surface area contributed by atoms with Crippen LogP contribution in [0, 0.1) is 0 Å². The molecule has 0 amide bonds. The lowest BCUT2D eigenvalue weighted by molar-refractivity contribution is -0.873. The van der Waals surface area contributed by atoms with Gasteiger partial charge in [-0.2, -0.15) is 0 Å². The number of hydrogen-bond donors (Lipinski definition) is 0. The van der Waals surface area contributed by atoms with Gasteiger partial charge in [-0.15, -0.1) is 0 Å². The van der Waals surface area contributed by atoms with E-state index < -0.39 is 0 Å². The van der Waals surface area contributed by atoms with Gasteiger partial charge in [0.2, 0.25) is 0 Å². The van der Waals surface area contributed by atoms with Crippen LogP contribution in [0.2, 0.25) is 0 Å². The van der Waals surface area contributed by atoms with Gasteiger partial charge in [-0.3, -0.25) is 0 Å². The zero-order valence-corrected chi connectivity index (χ0v) is 31.5. The largest absolute Gasteiger partial charge is 0.379 e. The maximum atomic E-state index is 6.31. The molecule has 3 heteroatoms. The summed E-state index contributed by atoms with van der Waals surface area (Å²) in [4.78, 5) is 0. The van der Waals surface area contributed by atoms with Crippen molar-refractivity contribution in [2.24, 2.45) is 0 Å². The smallest absolute Gasteiger partial charge is 0.130 e. The minimum absolute atomic E-state index is 0.201. The Morgan fingerprint density at radius 2 is 0.822 bits per heavy atom. The van der Waals surface area contributed by atoms with Crippen LogP contribution in [0.15, 0.2) is 36.5 Å². The molecule has 0 aromatic carbocycles. The predicted molar refractivity (Wildman–Crippen MR) is 202 cm³/mol. The summed E-state index contributed by atoms with van der Waals surface area (Å²) in [5, 5.41) is 0. The van der Waals surface area contributed by atoms with E-state index in [0.717, 1.165) is 37.3 Å². The number of unbranched alkanes of at least 4 members (excludes halogenated alkanes) is 22. The van der Waals surface area contributed by atoms with Gasteiger partial charge in [-0.25, -0.2) is 0 Å². The van der Waals surface area contributed by atoms with E-state index in [1.807, 2.05) is 0 Å². The Bertz CT molecular complexity index is 648. The number of likely N-dealkylation sites (N-methyl/N-ethyl adjacent to an activating group) is 1. The summed E-state index contributed by atoms with van der Waals surface area (Å²) in [6.45, 7) is 8.05. The minimum atomic E-state index is 0.201. The Morgan fingerprint density at radius 1 is 0.444 bits per heavy atom. The minimum Gasteiger partial charge on any atom is -0.379 e. The van der Waals surface area contributed by atoms with Gasteiger partial charge in [0.15, 0.2) is 0 Å². The van der Waals surface area contributed by atoms with E-state index in [9.17, 15) is 0 Å². The van der Waals surface area contributed by atoms with Gasteiger partial charge in [0.1, 0.15) is 12.6 Å². The average molecular weight is 633 g/mol. The van der Waals surface area contributed by atoms with Crippen molar-refractivity contribution in [3.05, 3.63) is 36.5 Å². The number of hydrogen-bond acceptors (Lipinski definition) is 2. The third kappa shape index (κ3) is 39.2. The Morgan fingerprint density at radius 3 is 1.27 bits per heavy atom. The van der Waals surface area contributed by atoms with Crippen molar-refractivity contribution in [2.75, 3.05) is 47.5 Å². The van der Waals surface area contributed by atoms with Gasteiger partial charge in [-0.1, -0.05) is 153 Å². The van der Waals surface area contributed by atoms with Crippen molar-refractivity contribution in [3.63, 3.8) is 0 Å². The van der Waals surface area contributed by atoms with Crippen LogP contribution in [0.5, 0.6) is 0 Å². The molecule has 0 saturated carbocycles. The van der Waals surface area contributed by atoms with Crippen molar-refractivity contribution in [2.45, 2.75) is 187 Å². The van der Waals surface area contributed by atoms with Crippen LogP contribution >= 0.6 is 0 Å². The molecule has 0 aliphatic carbocycles. The average Bonchev–Trinajstić information content (AvgIpc) is 3.01. The lowest BCUT2D eigenvalue weighted by Gasteiger charge is -2.29. The fourth-order valence-corrected chi connectivity index (χ4v) is 5.79. The summed E-state index contributed by atoms with van der Waals surface area (Å²) in [6.07, 6.45) is 48.7. The maximum Gasteiger partial charge on any atom is 0.130 e. The molecule has 0 aliphatic heterocycles. The Labute approximate surface area is 284 Å². The second kappa shape index (κ2) is 35.9. The molecule has 0 heterocycles. The second-order valence-electron chi connectivity index (χ2n) is 14.6. The van der Waals surface area contributed by atoms with E-state index in [1.54, 1.807) is 0 Å². The van der Waals surface area contributed by atoms with Gasteiger partial charge in [0.25, 0.3) is 0 Å². The van der Waals surface area contributed by atoms with Crippen molar-refractivity contribution in [1.29, 1.82) is 0 Å². The quantitative estimate of drug-likeness (QED) is 0.0296. The molecule has 0 fully saturated rings. The molecule has 1 atom stereocenters. The highest BCUT2D eigenvalue weighted by molar-refractivity contribution is 5.02. The molecule has 0 aliphatic rings. The number of rotatable bonds is 36. The van der Waals surface area contributed by atoms with E-state index in [0.29, 0.717) is 0 Å². The first-order valence-electron chi connectivity index (χ1n) is 20.0. The number of allylic oxidation sites excluding steroid dienone is 6. The molecule has 0 bridgehead atoms. The van der Waals surface area contributed by atoms with Gasteiger partial charge in [0.05, 0.1) is 27.7 Å². The number of nitrogens with zero attached hydrogens (tertiary/aromatic N) is 1. The van der Waals surface area contributed by atoms with E-state index in [1.165, 1.54) is 161 Å². The van der Waals surface area contributed by atoms with Crippen molar-refractivity contribution < 1.29 is 14.0 Å². The lowest BCUT2D eigenvalue weighted by atomic mass is 10.1. The maximum absolute atomic E-state index is 6.31. The fraction of sp³-hybridized carbons (Fsp3) is 0.857. The summed E-state index contributed by atoms with van der Waals surface area (Å²) in [5.74, 6) is 0. The first-order valence-corrected chi connectivity index (χ1v) is 20.0. The summed E-state index contributed by atoms with van der Waals surface area (Å²) >= 11 is 0. The van der Waals surface area contributed by atoms with Gasteiger partial charge in [-0.05, 0) is 64.2 Å². The predicted octanol–water partition coefficient (Wildman–Crippen LogP) is 12.9. The Hall–Kier alpha value is -0.900. The van der Waals surface area contributed by atoms with Crippen LogP contribution in [-0.4, -0.2) is 58.1 Å². The van der Waals surface area contributed by atoms with E-state index in [4.69, 9.17) is 9.47 Å². The van der Waals surface area contributed by atoms with Crippen molar-refractivity contribution >= 4 is 0 Å². The molecule has 266 valence electrons. The number of quaternary nitrogens is 1. The zero-order chi connectivity index (χ0) is 32.9. The van der Waals surface area contributed by atoms with Crippen LogP contribution < -0.4 is 0 Å². The highest BCUT2D eigenvalue weighted by Gasteiger charge is 2.19. The third-order valence-corrected chi connectivity index (χ3v) is 8.58. The standard InChI is InChI=1S/C42H82NO2/c1-6-8-10-12-14-16-18-20-22-24-26-28-30-32-34-36-38-44-41-42(40-43(3,4)5)45-39-37-35-33-31-29-27-25-23-21-19-17-15-13-11-9-7-2/h20-24,26,42H,6-19,25,27-41H2,1-5H3/q+1/b22-20-,23-21-,26-24+. The fourth-order valence-electron chi connectivity index (χ4n) is 5.79. The molecule has 0 saturated heterocycles. The molecule has 1 unspecified atom stereocenters. The lowest BCUT2D eigenvalue weighted by Crippen LogP contribution is -2.44. The van der Waals surface area contributed by atoms with Gasteiger partial charge >= 0.3 is 0 Å². The normalized spacial score (nSPS) is 13.3. The molecule has 0 aromatic heterocycles. The molecule has 0 aromatic rings. The monoisotopic (exact) mass is 633 g/mol. The van der Waals surface area contributed by atoms with Crippen LogP contribution in [-0.2, 0) is 9.47 Å². The van der Waals surface area contributed by atoms with Gasteiger partial charge in [0, 0.05) is 13.2 Å². The van der Waals surface area contributed by atoms with Crippen LogP contribution in [0.25, 0.3) is 0 Å². The first-order chi connectivity index (χ1) is 22.0. The van der Waals surface area contributed by atoms with Crippen molar-refractivity contribution in [1.82, 2.24) is 0 Å². The molecular weight excluding hydrogens is 550 g/mol. The van der Waals surface area contributed by atoms with E-state index in [2.05, 4.69) is 71.4 Å². The second-order valence-corrected chi connectivity index (χ2v) is 14.6. The topological polar surface area (TPSA) is 18.5 Å². The number of ether oxygens (including phenoxy) is 2. The van der Waals surface area contributed by atoms with Crippen molar-refractivity contribution in [3.8, 4) is 0 Å². The van der Waals surface area contributed by atoms with Crippen LogP contribution in [0.3, 0.4) is 0 Å². The Kier molecular flexibility index (Phi) is 35.2. The summed E-state index contributed by atoms with van der Waals surface area (Å²) < 4.78 is 13.3. The zero-order valence-electron chi connectivity index (χ0n) is 31.5. The summed E-state index contributed by atoms with van der Waals surface area (Å²) in [6, 6.07) is 0. The Balaban J connectivity index is 3.68.